The predicted octanol–water partition coefficient (Wildman–Crippen LogP) is 3.97. The Morgan fingerprint density at radius 2 is 1.82 bits per heavy atom. The molecule has 0 fully saturated rings. The molecule has 28 heavy (non-hydrogen) atoms. The molecule has 0 saturated carbocycles. The number of nitriles is 1. The molecule has 0 aliphatic rings. The molecule has 0 saturated heterocycles. The fourth-order valence-electron chi connectivity index (χ4n) is 2.43. The second kappa shape index (κ2) is 11.2. The maximum atomic E-state index is 11.8. The highest BCUT2D eigenvalue weighted by Crippen LogP contribution is 2.22. The van der Waals surface area contributed by atoms with Crippen LogP contribution in [0.4, 0.5) is 10.5 Å². The third-order valence-corrected chi connectivity index (χ3v) is 3.86. The highest BCUT2D eigenvalue weighted by atomic mass is 16.6. The first-order chi connectivity index (χ1) is 13.6. The lowest BCUT2D eigenvalue weighted by atomic mass is 10.1. The maximum absolute atomic E-state index is 11.8. The summed E-state index contributed by atoms with van der Waals surface area (Å²) in [6, 6.07) is 14.8. The van der Waals surface area contributed by atoms with Gasteiger partial charge in [-0.25, -0.2) is 4.79 Å². The number of amides is 1. The van der Waals surface area contributed by atoms with E-state index in [4.69, 9.17) is 19.5 Å². The van der Waals surface area contributed by atoms with Gasteiger partial charge in [-0.05, 0) is 37.0 Å². The smallest absolute Gasteiger partial charge is 0.411 e. The van der Waals surface area contributed by atoms with E-state index in [1.807, 2.05) is 30.3 Å². The molecule has 0 aliphatic carbocycles. The number of hydrogen-bond donors (Lipinski definition) is 1. The van der Waals surface area contributed by atoms with Crippen LogP contribution in [0.1, 0.15) is 24.0 Å². The van der Waals surface area contributed by atoms with Crippen molar-refractivity contribution in [3.8, 4) is 12.0 Å². The number of anilines is 1. The summed E-state index contributed by atoms with van der Waals surface area (Å²) in [7, 11) is 0. The minimum Gasteiger partial charge on any atom is -0.462 e. The van der Waals surface area contributed by atoms with Crippen molar-refractivity contribution in [3.05, 3.63) is 59.7 Å². The SMILES string of the molecule is Cc1ccc(NC(=O)OCCOC(=O)CCCc2ccccc2)cc1OC#N. The molecule has 1 N–H and O–H groups in total. The number of carbonyl (C=O) groups is 2. The van der Waals surface area contributed by atoms with E-state index >= 15 is 0 Å². The number of nitrogens with one attached hydrogen (secondary N) is 1. The van der Waals surface area contributed by atoms with Crippen molar-refractivity contribution in [3.63, 3.8) is 0 Å². The summed E-state index contributed by atoms with van der Waals surface area (Å²) in [5.74, 6) is 0.0292. The first-order valence-corrected chi connectivity index (χ1v) is 8.88. The number of hydrogen-bond acceptors (Lipinski definition) is 6. The largest absolute Gasteiger partial charge is 0.462 e. The molecule has 0 aromatic heterocycles. The Hall–Kier alpha value is -3.53. The molecule has 2 aromatic rings. The van der Waals surface area contributed by atoms with Crippen LogP contribution in [-0.4, -0.2) is 25.3 Å². The van der Waals surface area contributed by atoms with Gasteiger partial charge in [-0.2, -0.15) is 0 Å². The molecule has 1 amide bonds. The lowest BCUT2D eigenvalue weighted by Crippen LogP contribution is -2.18. The van der Waals surface area contributed by atoms with Gasteiger partial charge in [0.25, 0.3) is 6.26 Å². The Morgan fingerprint density at radius 1 is 1.07 bits per heavy atom. The van der Waals surface area contributed by atoms with Gasteiger partial charge in [0, 0.05) is 18.2 Å². The van der Waals surface area contributed by atoms with Gasteiger partial charge in [-0.1, -0.05) is 36.4 Å². The number of ether oxygens (including phenoxy) is 3. The minimum atomic E-state index is -0.688. The van der Waals surface area contributed by atoms with Gasteiger partial charge < -0.3 is 14.2 Å². The summed E-state index contributed by atoms with van der Waals surface area (Å²) in [6.07, 6.45) is 2.72. The van der Waals surface area contributed by atoms with Gasteiger partial charge in [0.2, 0.25) is 0 Å². The van der Waals surface area contributed by atoms with E-state index in [0.29, 0.717) is 24.3 Å². The number of esters is 1. The lowest BCUT2D eigenvalue weighted by molar-refractivity contribution is -0.144. The lowest BCUT2D eigenvalue weighted by Gasteiger charge is -2.09. The van der Waals surface area contributed by atoms with Crippen molar-refractivity contribution in [2.24, 2.45) is 0 Å². The van der Waals surface area contributed by atoms with Crippen molar-refractivity contribution >= 4 is 17.7 Å². The Balaban J connectivity index is 1.61. The molecule has 2 rings (SSSR count). The summed E-state index contributed by atoms with van der Waals surface area (Å²) in [4.78, 5) is 23.4. The first kappa shape index (κ1) is 20.8. The average molecular weight is 382 g/mol. The van der Waals surface area contributed by atoms with Crippen LogP contribution in [0.2, 0.25) is 0 Å². The van der Waals surface area contributed by atoms with Crippen molar-refractivity contribution in [1.82, 2.24) is 0 Å². The van der Waals surface area contributed by atoms with Crippen LogP contribution in [0.3, 0.4) is 0 Å². The third kappa shape index (κ3) is 7.38. The highest BCUT2D eigenvalue weighted by Gasteiger charge is 2.08. The topological polar surface area (TPSA) is 97.7 Å². The summed E-state index contributed by atoms with van der Waals surface area (Å²) in [5.41, 5.74) is 2.37. The van der Waals surface area contributed by atoms with Gasteiger partial charge in [0.1, 0.15) is 19.0 Å². The van der Waals surface area contributed by atoms with E-state index in [-0.39, 0.29) is 19.2 Å². The normalized spacial score (nSPS) is 9.86. The first-order valence-electron chi connectivity index (χ1n) is 8.88. The molecular formula is C21H22N2O5. The fourth-order valence-corrected chi connectivity index (χ4v) is 2.43. The predicted molar refractivity (Wildman–Crippen MR) is 103 cm³/mol. The van der Waals surface area contributed by atoms with Crippen LogP contribution >= 0.6 is 0 Å². The molecule has 146 valence electrons. The van der Waals surface area contributed by atoms with Crippen molar-refractivity contribution in [2.45, 2.75) is 26.2 Å². The molecule has 0 bridgehead atoms. The molecule has 7 nitrogen and oxygen atoms in total. The summed E-state index contributed by atoms with van der Waals surface area (Å²) >= 11 is 0. The van der Waals surface area contributed by atoms with E-state index in [0.717, 1.165) is 12.0 Å². The van der Waals surface area contributed by atoms with E-state index in [1.54, 1.807) is 25.3 Å². The number of benzene rings is 2. The number of rotatable bonds is 9. The van der Waals surface area contributed by atoms with Gasteiger partial charge >= 0.3 is 12.1 Å². The van der Waals surface area contributed by atoms with Crippen molar-refractivity contribution in [1.29, 1.82) is 5.26 Å². The molecule has 0 radical (unpaired) electrons. The quantitative estimate of drug-likeness (QED) is 0.400. The van der Waals surface area contributed by atoms with Gasteiger partial charge in [0.05, 0.1) is 0 Å². The maximum Gasteiger partial charge on any atom is 0.411 e. The molecule has 0 unspecified atom stereocenters. The van der Waals surface area contributed by atoms with E-state index in [9.17, 15) is 9.59 Å². The molecular weight excluding hydrogens is 360 g/mol. The summed E-state index contributed by atoms with van der Waals surface area (Å²) < 4.78 is 14.8. The Morgan fingerprint density at radius 3 is 2.57 bits per heavy atom. The average Bonchev–Trinajstić information content (AvgIpc) is 2.69. The highest BCUT2D eigenvalue weighted by molar-refractivity contribution is 5.85. The second-order valence-corrected chi connectivity index (χ2v) is 5.99. The molecule has 0 atom stereocenters. The van der Waals surface area contributed by atoms with Crippen molar-refractivity contribution in [2.75, 3.05) is 18.5 Å². The Labute approximate surface area is 163 Å². The number of aryl methyl sites for hydroxylation is 2. The van der Waals surface area contributed by atoms with Crippen LogP contribution in [0.15, 0.2) is 48.5 Å². The van der Waals surface area contributed by atoms with E-state index < -0.39 is 6.09 Å². The van der Waals surface area contributed by atoms with Crippen LogP contribution in [0.5, 0.6) is 5.75 Å². The number of nitrogens with zero attached hydrogens (tertiary/aromatic N) is 1. The molecule has 0 heterocycles. The zero-order chi connectivity index (χ0) is 20.2. The zero-order valence-electron chi connectivity index (χ0n) is 15.6. The standard InChI is InChI=1S/C21H22N2O5/c1-16-10-11-18(14-19(16)28-15-22)23-21(25)27-13-12-26-20(24)9-5-8-17-6-3-2-4-7-17/h2-4,6-7,10-11,14H,5,8-9,12-13H2,1H3,(H,23,25). The summed E-state index contributed by atoms with van der Waals surface area (Å²) in [6.45, 7) is 1.72. The van der Waals surface area contributed by atoms with Crippen LogP contribution in [0.25, 0.3) is 0 Å². The van der Waals surface area contributed by atoms with Crippen molar-refractivity contribution < 1.29 is 23.8 Å². The van der Waals surface area contributed by atoms with E-state index in [2.05, 4.69) is 5.32 Å². The van der Waals surface area contributed by atoms with Gasteiger partial charge in [-0.15, -0.1) is 5.26 Å². The monoisotopic (exact) mass is 382 g/mol. The molecule has 7 heteroatoms. The fraction of sp³-hybridized carbons (Fsp3) is 0.286. The van der Waals surface area contributed by atoms with Crippen LogP contribution < -0.4 is 10.1 Å². The Bertz CT molecular complexity index is 830. The Kier molecular flexibility index (Phi) is 8.34. The van der Waals surface area contributed by atoms with Crippen LogP contribution in [0, 0.1) is 18.4 Å². The molecule has 2 aromatic carbocycles. The number of carbonyl (C=O) groups excluding carboxylic acids is 2. The molecule has 0 spiro atoms. The third-order valence-electron chi connectivity index (χ3n) is 3.86. The van der Waals surface area contributed by atoms with Crippen LogP contribution in [-0.2, 0) is 20.7 Å². The van der Waals surface area contributed by atoms with Gasteiger partial charge in [0.15, 0.2) is 0 Å². The van der Waals surface area contributed by atoms with E-state index in [1.165, 1.54) is 11.6 Å². The summed E-state index contributed by atoms with van der Waals surface area (Å²) in [5, 5.41) is 11.1. The minimum absolute atomic E-state index is 0.00567. The van der Waals surface area contributed by atoms with Gasteiger partial charge in [-0.3, -0.25) is 10.1 Å². The molecule has 0 aliphatic heterocycles. The second-order valence-electron chi connectivity index (χ2n) is 5.99. The zero-order valence-corrected chi connectivity index (χ0v) is 15.6.